The molecule has 0 aliphatic rings. The molecule has 0 saturated heterocycles. The van der Waals surface area contributed by atoms with Crippen molar-refractivity contribution in [3.8, 4) is 0 Å². The number of carbonyl (C=O) groups is 2. The fourth-order valence-corrected chi connectivity index (χ4v) is 1.11. The van der Waals surface area contributed by atoms with E-state index in [2.05, 4.69) is 15.6 Å². The van der Waals surface area contributed by atoms with Crippen LogP contribution >= 0.6 is 0 Å². The van der Waals surface area contributed by atoms with Crippen LogP contribution in [0.3, 0.4) is 0 Å². The van der Waals surface area contributed by atoms with Crippen LogP contribution in [0.1, 0.15) is 19.5 Å². The van der Waals surface area contributed by atoms with Crippen LogP contribution in [0, 0.1) is 0 Å². The van der Waals surface area contributed by atoms with Gasteiger partial charge in [0.2, 0.25) is 11.8 Å². The van der Waals surface area contributed by atoms with E-state index in [1.807, 2.05) is 0 Å². The van der Waals surface area contributed by atoms with Crippen molar-refractivity contribution in [3.05, 3.63) is 11.9 Å². The number of rotatable bonds is 5. The van der Waals surface area contributed by atoms with Gasteiger partial charge in [-0.1, -0.05) is 5.21 Å². The summed E-state index contributed by atoms with van der Waals surface area (Å²) in [4.78, 5) is 22.6. The molecule has 0 unspecified atom stereocenters. The number of nitrogens with one attached hydrogen (secondary N) is 1. The molecule has 1 aromatic heterocycles. The molecule has 0 bridgehead atoms. The van der Waals surface area contributed by atoms with Crippen LogP contribution in [0.2, 0.25) is 0 Å². The minimum atomic E-state index is -1.09. The van der Waals surface area contributed by atoms with Gasteiger partial charge in [0.25, 0.3) is 0 Å². The van der Waals surface area contributed by atoms with Crippen molar-refractivity contribution in [1.29, 1.82) is 0 Å². The lowest BCUT2D eigenvalue weighted by atomic mass is 10.1. The number of nitrogens with zero attached hydrogens (tertiary/aromatic N) is 3. The quantitative estimate of drug-likeness (QED) is 0.554. The van der Waals surface area contributed by atoms with Crippen molar-refractivity contribution in [2.24, 2.45) is 11.5 Å². The zero-order valence-corrected chi connectivity index (χ0v) is 9.80. The predicted molar refractivity (Wildman–Crippen MR) is 59.3 cm³/mol. The molecule has 94 valence electrons. The Hall–Kier alpha value is -1.96. The maximum atomic E-state index is 11.6. The SMILES string of the molecule is CC(C)(NC(=O)Cn1cc(CN)nn1)C(N)=O. The molecular formula is C9H16N6O2. The largest absolute Gasteiger partial charge is 0.368 e. The summed E-state index contributed by atoms with van der Waals surface area (Å²) in [7, 11) is 0. The van der Waals surface area contributed by atoms with Gasteiger partial charge in [-0.05, 0) is 13.8 Å². The van der Waals surface area contributed by atoms with E-state index in [1.165, 1.54) is 18.5 Å². The third kappa shape index (κ3) is 3.52. The van der Waals surface area contributed by atoms with Crippen LogP contribution in [0.15, 0.2) is 6.20 Å². The molecule has 0 aromatic carbocycles. The summed E-state index contributed by atoms with van der Waals surface area (Å²) < 4.78 is 1.34. The number of hydrogen-bond donors (Lipinski definition) is 3. The maximum absolute atomic E-state index is 11.6. The molecular weight excluding hydrogens is 224 g/mol. The zero-order valence-electron chi connectivity index (χ0n) is 9.80. The summed E-state index contributed by atoms with van der Waals surface area (Å²) in [5, 5.41) is 9.95. The zero-order chi connectivity index (χ0) is 13.1. The van der Waals surface area contributed by atoms with Crippen LogP contribution in [0.4, 0.5) is 0 Å². The van der Waals surface area contributed by atoms with Crippen LogP contribution in [-0.2, 0) is 22.7 Å². The monoisotopic (exact) mass is 240 g/mol. The summed E-state index contributed by atoms with van der Waals surface area (Å²) >= 11 is 0. The smallest absolute Gasteiger partial charge is 0.242 e. The van der Waals surface area contributed by atoms with Crippen molar-refractivity contribution < 1.29 is 9.59 Å². The minimum Gasteiger partial charge on any atom is -0.368 e. The van der Waals surface area contributed by atoms with Gasteiger partial charge in [-0.15, -0.1) is 5.10 Å². The van der Waals surface area contributed by atoms with Crippen LogP contribution in [0.5, 0.6) is 0 Å². The summed E-state index contributed by atoms with van der Waals surface area (Å²) in [5.41, 5.74) is 9.99. The second kappa shape index (κ2) is 4.91. The fraction of sp³-hybridized carbons (Fsp3) is 0.556. The van der Waals surface area contributed by atoms with Gasteiger partial charge in [-0.2, -0.15) is 0 Å². The van der Waals surface area contributed by atoms with Gasteiger partial charge in [-0.3, -0.25) is 9.59 Å². The molecule has 1 aromatic rings. The van der Waals surface area contributed by atoms with Gasteiger partial charge in [0.15, 0.2) is 0 Å². The molecule has 8 heteroatoms. The second-order valence-electron chi connectivity index (χ2n) is 4.15. The van der Waals surface area contributed by atoms with E-state index in [1.54, 1.807) is 6.20 Å². The normalized spacial score (nSPS) is 11.2. The minimum absolute atomic E-state index is 0.0380. The van der Waals surface area contributed by atoms with Crippen molar-refractivity contribution in [2.75, 3.05) is 0 Å². The van der Waals surface area contributed by atoms with E-state index in [0.29, 0.717) is 5.69 Å². The molecule has 0 spiro atoms. The number of amides is 2. The molecule has 0 atom stereocenters. The molecule has 5 N–H and O–H groups in total. The first-order valence-electron chi connectivity index (χ1n) is 5.05. The van der Waals surface area contributed by atoms with Crippen molar-refractivity contribution in [3.63, 3.8) is 0 Å². The summed E-state index contributed by atoms with van der Waals surface area (Å²) in [5.74, 6) is -0.977. The van der Waals surface area contributed by atoms with Gasteiger partial charge in [0.05, 0.1) is 11.9 Å². The van der Waals surface area contributed by atoms with Gasteiger partial charge in [0.1, 0.15) is 12.1 Å². The molecule has 8 nitrogen and oxygen atoms in total. The topological polar surface area (TPSA) is 129 Å². The van der Waals surface area contributed by atoms with Crippen LogP contribution in [0.25, 0.3) is 0 Å². The predicted octanol–water partition coefficient (Wildman–Crippen LogP) is -1.88. The number of hydrogen-bond acceptors (Lipinski definition) is 5. The molecule has 2 amide bonds. The molecule has 1 rings (SSSR count). The molecule has 0 aliphatic carbocycles. The highest BCUT2D eigenvalue weighted by Gasteiger charge is 2.26. The molecule has 0 saturated carbocycles. The molecule has 0 aliphatic heterocycles. The molecule has 1 heterocycles. The molecule has 0 radical (unpaired) electrons. The van der Waals surface area contributed by atoms with Gasteiger partial charge in [-0.25, -0.2) is 4.68 Å². The highest BCUT2D eigenvalue weighted by molar-refractivity contribution is 5.89. The van der Waals surface area contributed by atoms with Crippen molar-refractivity contribution in [2.45, 2.75) is 32.5 Å². The Bertz CT molecular complexity index is 425. The maximum Gasteiger partial charge on any atom is 0.242 e. The highest BCUT2D eigenvalue weighted by Crippen LogP contribution is 2.00. The molecule has 17 heavy (non-hydrogen) atoms. The van der Waals surface area contributed by atoms with Gasteiger partial charge in [0, 0.05) is 6.54 Å². The van der Waals surface area contributed by atoms with E-state index in [4.69, 9.17) is 11.5 Å². The second-order valence-corrected chi connectivity index (χ2v) is 4.15. The lowest BCUT2D eigenvalue weighted by Gasteiger charge is -2.21. The Morgan fingerprint density at radius 2 is 2.18 bits per heavy atom. The van der Waals surface area contributed by atoms with E-state index in [0.717, 1.165) is 0 Å². The average Bonchev–Trinajstić information content (AvgIpc) is 2.64. The van der Waals surface area contributed by atoms with Crippen LogP contribution < -0.4 is 16.8 Å². The summed E-state index contributed by atoms with van der Waals surface area (Å²) in [6, 6.07) is 0. The Labute approximate surface area is 98.3 Å². The van der Waals surface area contributed by atoms with E-state index >= 15 is 0 Å². The summed E-state index contributed by atoms with van der Waals surface area (Å²) in [6.45, 7) is 3.28. The van der Waals surface area contributed by atoms with E-state index < -0.39 is 11.4 Å². The first-order valence-corrected chi connectivity index (χ1v) is 5.05. The van der Waals surface area contributed by atoms with Gasteiger partial charge < -0.3 is 16.8 Å². The first-order chi connectivity index (χ1) is 7.85. The number of carbonyl (C=O) groups excluding carboxylic acids is 2. The summed E-state index contributed by atoms with van der Waals surface area (Å²) in [6.07, 6.45) is 1.57. The number of nitrogens with two attached hydrogens (primary N) is 2. The van der Waals surface area contributed by atoms with E-state index in [9.17, 15) is 9.59 Å². The lowest BCUT2D eigenvalue weighted by Crippen LogP contribution is -2.53. The number of primary amides is 1. The van der Waals surface area contributed by atoms with Crippen molar-refractivity contribution in [1.82, 2.24) is 20.3 Å². The standard InChI is InChI=1S/C9H16N6O2/c1-9(2,8(11)17)12-7(16)5-15-4-6(3-10)13-14-15/h4H,3,5,10H2,1-2H3,(H2,11,17)(H,12,16). The molecule has 0 fully saturated rings. The number of aromatic nitrogens is 3. The van der Waals surface area contributed by atoms with Gasteiger partial charge >= 0.3 is 0 Å². The Morgan fingerprint density at radius 3 is 2.65 bits per heavy atom. The average molecular weight is 240 g/mol. The van der Waals surface area contributed by atoms with E-state index in [-0.39, 0.29) is 19.0 Å². The van der Waals surface area contributed by atoms with Crippen molar-refractivity contribution >= 4 is 11.8 Å². The fourth-order valence-electron chi connectivity index (χ4n) is 1.11. The van der Waals surface area contributed by atoms with Crippen LogP contribution in [-0.4, -0.2) is 32.3 Å². The Morgan fingerprint density at radius 1 is 1.53 bits per heavy atom. The lowest BCUT2D eigenvalue weighted by molar-refractivity contribution is -0.130. The third-order valence-electron chi connectivity index (χ3n) is 2.17. The Kier molecular flexibility index (Phi) is 3.79. The first kappa shape index (κ1) is 13.1. The Balaban J connectivity index is 2.58. The third-order valence-corrected chi connectivity index (χ3v) is 2.17. The highest BCUT2D eigenvalue weighted by atomic mass is 16.2.